The molecule has 196 valence electrons. The number of imide groups is 2. The molecule has 0 spiro atoms. The van der Waals surface area contributed by atoms with Crippen LogP contribution in [-0.4, -0.2) is 28.7 Å². The number of hydrogen-bond donors (Lipinski definition) is 1. The number of nitrogens with one attached hydrogen (secondary N) is 1. The van der Waals surface area contributed by atoms with Gasteiger partial charge >= 0.3 is 12.0 Å². The van der Waals surface area contributed by atoms with Crippen LogP contribution in [0.25, 0.3) is 12.2 Å². The second kappa shape index (κ2) is 11.8. The van der Waals surface area contributed by atoms with E-state index in [0.717, 1.165) is 15.4 Å². The van der Waals surface area contributed by atoms with E-state index >= 15 is 0 Å². The average Bonchev–Trinajstić information content (AvgIpc) is 2.88. The summed E-state index contributed by atoms with van der Waals surface area (Å²) in [6, 6.07) is 14.1. The minimum atomic E-state index is -0.912. The van der Waals surface area contributed by atoms with Crippen molar-refractivity contribution in [3.05, 3.63) is 107 Å². The molecule has 0 atom stereocenters. The Kier molecular flexibility index (Phi) is 8.53. The largest absolute Gasteiger partial charge is 0.422 e. The van der Waals surface area contributed by atoms with Crippen molar-refractivity contribution in [2.24, 2.45) is 0 Å². The molecule has 4 rings (SSSR count). The molecule has 0 radical (unpaired) electrons. The summed E-state index contributed by atoms with van der Waals surface area (Å²) in [7, 11) is 0. The quantitative estimate of drug-likeness (QED) is 0.0804. The first-order valence-corrected chi connectivity index (χ1v) is 13.2. The summed E-state index contributed by atoms with van der Waals surface area (Å²) in [6.45, 7) is 0. The van der Waals surface area contributed by atoms with Gasteiger partial charge in [-0.25, -0.2) is 14.5 Å². The highest BCUT2D eigenvalue weighted by Crippen LogP contribution is 2.35. The second-order valence-electron chi connectivity index (χ2n) is 7.84. The highest BCUT2D eigenvalue weighted by Gasteiger charge is 2.37. The lowest BCUT2D eigenvalue weighted by atomic mass is 10.1. The third kappa shape index (κ3) is 6.56. The number of urea groups is 1. The molecule has 1 saturated heterocycles. The summed E-state index contributed by atoms with van der Waals surface area (Å²) in [5.41, 5.74) is 0.514. The molecule has 3 aromatic carbocycles. The fourth-order valence-corrected chi connectivity index (χ4v) is 5.04. The number of nitrogens with zero attached hydrogens (tertiary/aromatic N) is 2. The van der Waals surface area contributed by atoms with Gasteiger partial charge in [0, 0.05) is 32.7 Å². The maximum Gasteiger partial charge on any atom is 0.336 e. The summed E-state index contributed by atoms with van der Waals surface area (Å²) >= 11 is 9.95. The molecule has 0 bridgehead atoms. The van der Waals surface area contributed by atoms with Gasteiger partial charge in [-0.15, -0.1) is 0 Å². The molecule has 0 aliphatic carbocycles. The van der Waals surface area contributed by atoms with Crippen LogP contribution in [0.15, 0.2) is 85.7 Å². The predicted molar refractivity (Wildman–Crippen MR) is 153 cm³/mol. The summed E-state index contributed by atoms with van der Waals surface area (Å²) < 4.78 is 7.12. The Bertz CT molecular complexity index is 1580. The number of esters is 1. The van der Waals surface area contributed by atoms with E-state index in [4.69, 9.17) is 4.74 Å². The maximum absolute atomic E-state index is 13.2. The van der Waals surface area contributed by atoms with Gasteiger partial charge in [0.2, 0.25) is 0 Å². The van der Waals surface area contributed by atoms with Crippen LogP contribution in [0.2, 0.25) is 0 Å². The van der Waals surface area contributed by atoms with Gasteiger partial charge in [-0.1, -0.05) is 31.9 Å². The number of hydrogen-bond acceptors (Lipinski definition) is 7. The number of benzene rings is 3. The molecule has 1 heterocycles. The number of carbonyl (C=O) groups excluding carboxylic acids is 4. The molecule has 13 heteroatoms. The van der Waals surface area contributed by atoms with Gasteiger partial charge in [-0.3, -0.25) is 25.0 Å². The fourth-order valence-electron chi connectivity index (χ4n) is 3.44. The Hall–Kier alpha value is -3.94. The zero-order chi connectivity index (χ0) is 28.3. The molecule has 0 unspecified atom stereocenters. The highest BCUT2D eigenvalue weighted by molar-refractivity contribution is 9.11. The maximum atomic E-state index is 13.2. The topological polar surface area (TPSA) is 136 Å². The lowest BCUT2D eigenvalue weighted by Gasteiger charge is -2.26. The molecule has 4 amide bonds. The number of rotatable bonds is 6. The van der Waals surface area contributed by atoms with E-state index in [1.165, 1.54) is 54.6 Å². The molecule has 1 fully saturated rings. The van der Waals surface area contributed by atoms with Crippen molar-refractivity contribution in [1.82, 2.24) is 5.32 Å². The minimum absolute atomic E-state index is 0.0109. The van der Waals surface area contributed by atoms with Crippen molar-refractivity contribution in [2.45, 2.75) is 0 Å². The van der Waals surface area contributed by atoms with E-state index in [1.54, 1.807) is 18.2 Å². The van der Waals surface area contributed by atoms with Gasteiger partial charge < -0.3 is 4.74 Å². The number of halogens is 3. The molecular formula is C26H14Br3N3O7. The van der Waals surface area contributed by atoms with Crippen LogP contribution in [-0.2, 0) is 14.4 Å². The van der Waals surface area contributed by atoms with Gasteiger partial charge in [-0.05, 0) is 82.2 Å². The number of carbonyl (C=O) groups is 4. The molecule has 3 aromatic rings. The van der Waals surface area contributed by atoms with Gasteiger partial charge in [-0.2, -0.15) is 0 Å². The Morgan fingerprint density at radius 1 is 0.949 bits per heavy atom. The van der Waals surface area contributed by atoms with Gasteiger partial charge in [0.1, 0.15) is 5.57 Å². The van der Waals surface area contributed by atoms with Crippen LogP contribution < -0.4 is 15.0 Å². The van der Waals surface area contributed by atoms with Crippen molar-refractivity contribution in [3.63, 3.8) is 0 Å². The van der Waals surface area contributed by atoms with Crippen molar-refractivity contribution >= 4 is 95.1 Å². The monoisotopic (exact) mass is 717 g/mol. The molecule has 10 nitrogen and oxygen atoms in total. The lowest BCUT2D eigenvalue weighted by molar-refractivity contribution is -0.384. The Labute approximate surface area is 245 Å². The Balaban J connectivity index is 1.64. The van der Waals surface area contributed by atoms with Crippen LogP contribution in [0.5, 0.6) is 5.75 Å². The molecule has 1 aliphatic rings. The number of nitro groups is 1. The third-order valence-electron chi connectivity index (χ3n) is 5.24. The lowest BCUT2D eigenvalue weighted by Crippen LogP contribution is -2.54. The number of non-ortho nitro benzene ring substituents is 1. The molecule has 0 aromatic heterocycles. The highest BCUT2D eigenvalue weighted by atomic mass is 79.9. The van der Waals surface area contributed by atoms with Gasteiger partial charge in [0.05, 0.1) is 15.1 Å². The number of amides is 4. The van der Waals surface area contributed by atoms with Crippen LogP contribution in [0, 0.1) is 10.1 Å². The van der Waals surface area contributed by atoms with Crippen molar-refractivity contribution < 1.29 is 28.8 Å². The normalized spacial score (nSPS) is 14.6. The average molecular weight is 720 g/mol. The Morgan fingerprint density at radius 3 is 2.26 bits per heavy atom. The smallest absolute Gasteiger partial charge is 0.336 e. The molecule has 1 aliphatic heterocycles. The summed E-state index contributed by atoms with van der Waals surface area (Å²) in [4.78, 5) is 62.1. The molecule has 39 heavy (non-hydrogen) atoms. The van der Waals surface area contributed by atoms with E-state index in [0.29, 0.717) is 14.5 Å². The number of barbiturate groups is 1. The SMILES string of the molecule is O=C(/C=C/c1ccc([N+](=O)[O-])cc1)Oc1c(Br)cc(Br)cc1/C=C1/C(=O)NC(=O)N(c2ccc(Br)cc2)C1=O. The van der Waals surface area contributed by atoms with Crippen LogP contribution in [0.3, 0.4) is 0 Å². The van der Waals surface area contributed by atoms with Crippen molar-refractivity contribution in [2.75, 3.05) is 4.90 Å². The first kappa shape index (κ1) is 28.1. The Morgan fingerprint density at radius 2 is 1.62 bits per heavy atom. The van der Waals surface area contributed by atoms with Gasteiger partial charge in [0.15, 0.2) is 5.75 Å². The minimum Gasteiger partial charge on any atom is -0.422 e. The summed E-state index contributed by atoms with van der Waals surface area (Å²) in [5.74, 6) is -2.55. The zero-order valence-electron chi connectivity index (χ0n) is 19.4. The van der Waals surface area contributed by atoms with E-state index in [-0.39, 0.29) is 28.3 Å². The van der Waals surface area contributed by atoms with E-state index in [1.807, 2.05) is 0 Å². The standard InChI is InChI=1S/C26H14Br3N3O7/c27-16-4-8-18(9-5-16)31-25(35)20(24(34)30-26(31)36)12-15-11-17(28)13-21(29)23(15)39-22(33)10-3-14-1-6-19(7-2-14)32(37)38/h1-13H,(H,30,34,36)/b10-3+,20-12-. The molecule has 0 saturated carbocycles. The van der Waals surface area contributed by atoms with E-state index in [9.17, 15) is 29.3 Å². The number of ether oxygens (including phenoxy) is 1. The fraction of sp³-hybridized carbons (Fsp3) is 0. The van der Waals surface area contributed by atoms with E-state index in [2.05, 4.69) is 53.1 Å². The van der Waals surface area contributed by atoms with Crippen LogP contribution in [0.1, 0.15) is 11.1 Å². The predicted octanol–water partition coefficient (Wildman–Crippen LogP) is 6.17. The molecule has 1 N–H and O–H groups in total. The third-order valence-corrected chi connectivity index (χ3v) is 6.82. The first-order chi connectivity index (χ1) is 18.5. The van der Waals surface area contributed by atoms with Crippen LogP contribution >= 0.6 is 47.8 Å². The van der Waals surface area contributed by atoms with Crippen LogP contribution in [0.4, 0.5) is 16.2 Å². The first-order valence-electron chi connectivity index (χ1n) is 10.8. The van der Waals surface area contributed by atoms with E-state index < -0.39 is 28.7 Å². The van der Waals surface area contributed by atoms with Crippen molar-refractivity contribution in [1.29, 1.82) is 0 Å². The number of anilines is 1. The summed E-state index contributed by atoms with van der Waals surface area (Å²) in [5, 5.41) is 12.9. The van der Waals surface area contributed by atoms with Gasteiger partial charge in [0.25, 0.3) is 17.5 Å². The molecular weight excluding hydrogens is 706 g/mol. The second-order valence-corrected chi connectivity index (χ2v) is 10.5. The van der Waals surface area contributed by atoms with Crippen molar-refractivity contribution in [3.8, 4) is 5.75 Å². The zero-order valence-corrected chi connectivity index (χ0v) is 24.1. The number of nitro benzene ring substituents is 1. The summed E-state index contributed by atoms with van der Waals surface area (Å²) in [6.07, 6.45) is 3.75.